The van der Waals surface area contributed by atoms with E-state index >= 15 is 0 Å². The zero-order valence-corrected chi connectivity index (χ0v) is 11.4. The summed E-state index contributed by atoms with van der Waals surface area (Å²) in [6, 6.07) is 5.80. The number of ether oxygens (including phenoxy) is 2. The van der Waals surface area contributed by atoms with E-state index in [4.69, 9.17) is 9.47 Å². The van der Waals surface area contributed by atoms with Crippen LogP contribution >= 0.6 is 0 Å². The van der Waals surface area contributed by atoms with Gasteiger partial charge in [-0.05, 0) is 37.6 Å². The summed E-state index contributed by atoms with van der Waals surface area (Å²) < 4.78 is 10.1. The maximum absolute atomic E-state index is 11.5. The van der Waals surface area contributed by atoms with Gasteiger partial charge in [-0.2, -0.15) is 0 Å². The number of hydrogen-bond acceptors (Lipinski definition) is 4. The van der Waals surface area contributed by atoms with E-state index in [1.165, 1.54) is 0 Å². The van der Waals surface area contributed by atoms with Crippen LogP contribution in [-0.2, 0) is 9.53 Å². The number of carbonyl (C=O) groups is 1. The van der Waals surface area contributed by atoms with Crippen LogP contribution in [0.3, 0.4) is 0 Å². The molecule has 1 aromatic carbocycles. The van der Waals surface area contributed by atoms with Crippen LogP contribution in [0.15, 0.2) is 18.2 Å². The predicted molar refractivity (Wildman–Crippen MR) is 72.0 cm³/mol. The number of nitrogens with one attached hydrogen (secondary N) is 1. The highest BCUT2D eigenvalue weighted by Gasteiger charge is 2.13. The maximum Gasteiger partial charge on any atom is 0.310 e. The first-order chi connectivity index (χ1) is 8.58. The molecule has 0 heterocycles. The van der Waals surface area contributed by atoms with Crippen molar-refractivity contribution in [2.45, 2.75) is 20.8 Å². The van der Waals surface area contributed by atoms with Crippen molar-refractivity contribution in [2.75, 3.05) is 25.6 Å². The molecule has 1 N–H and O–H groups in total. The van der Waals surface area contributed by atoms with Gasteiger partial charge in [0.1, 0.15) is 5.75 Å². The average molecular weight is 251 g/mol. The lowest BCUT2D eigenvalue weighted by Gasteiger charge is -2.14. The highest BCUT2D eigenvalue weighted by molar-refractivity contribution is 5.72. The van der Waals surface area contributed by atoms with Gasteiger partial charge in [0.25, 0.3) is 0 Å². The van der Waals surface area contributed by atoms with Gasteiger partial charge >= 0.3 is 5.97 Å². The summed E-state index contributed by atoms with van der Waals surface area (Å²) in [4.78, 5) is 11.5. The Hall–Kier alpha value is -1.71. The summed E-state index contributed by atoms with van der Waals surface area (Å²) >= 11 is 0. The highest BCUT2D eigenvalue weighted by Crippen LogP contribution is 2.21. The van der Waals surface area contributed by atoms with E-state index in [9.17, 15) is 4.79 Å². The molecule has 0 aliphatic carbocycles. The molecule has 100 valence electrons. The summed E-state index contributed by atoms with van der Waals surface area (Å²) in [6.45, 7) is 6.64. The lowest BCUT2D eigenvalue weighted by molar-refractivity contribution is -0.146. The molecule has 0 fully saturated rings. The van der Waals surface area contributed by atoms with E-state index in [1.807, 2.05) is 39.0 Å². The van der Waals surface area contributed by atoms with Gasteiger partial charge in [0.05, 0.1) is 19.6 Å². The molecule has 18 heavy (non-hydrogen) atoms. The Morgan fingerprint density at radius 3 is 2.72 bits per heavy atom. The molecule has 0 amide bonds. The zero-order valence-electron chi connectivity index (χ0n) is 11.4. The molecule has 1 aromatic rings. The first-order valence-electron chi connectivity index (χ1n) is 6.13. The van der Waals surface area contributed by atoms with Crippen LogP contribution in [0.25, 0.3) is 0 Å². The van der Waals surface area contributed by atoms with Crippen molar-refractivity contribution >= 4 is 11.7 Å². The molecular formula is C14H21NO3. The van der Waals surface area contributed by atoms with Crippen molar-refractivity contribution in [2.24, 2.45) is 5.92 Å². The Kier molecular flexibility index (Phi) is 5.49. The molecule has 4 heteroatoms. The second kappa shape index (κ2) is 6.89. The smallest absolute Gasteiger partial charge is 0.310 e. The Balaban J connectivity index is 2.55. The third-order valence-electron chi connectivity index (χ3n) is 2.72. The van der Waals surface area contributed by atoms with E-state index in [0.29, 0.717) is 13.2 Å². The third-order valence-corrected chi connectivity index (χ3v) is 2.72. The number of benzene rings is 1. The Labute approximate surface area is 108 Å². The number of rotatable bonds is 6. The molecular weight excluding hydrogens is 230 g/mol. The van der Waals surface area contributed by atoms with Crippen LogP contribution in [0.5, 0.6) is 5.75 Å². The van der Waals surface area contributed by atoms with Crippen molar-refractivity contribution in [3.63, 3.8) is 0 Å². The molecule has 0 saturated heterocycles. The second-order valence-corrected chi connectivity index (χ2v) is 4.21. The number of hydrogen-bond donors (Lipinski definition) is 1. The van der Waals surface area contributed by atoms with Crippen LogP contribution in [0.4, 0.5) is 5.69 Å². The number of methoxy groups -OCH3 is 1. The topological polar surface area (TPSA) is 47.6 Å². The van der Waals surface area contributed by atoms with E-state index in [0.717, 1.165) is 17.0 Å². The summed E-state index contributed by atoms with van der Waals surface area (Å²) in [6.07, 6.45) is 0. The van der Waals surface area contributed by atoms with Crippen LogP contribution in [0.2, 0.25) is 0 Å². The molecule has 0 radical (unpaired) electrons. The number of carbonyl (C=O) groups excluding carboxylic acids is 1. The summed E-state index contributed by atoms with van der Waals surface area (Å²) in [5.74, 6) is 0.499. The second-order valence-electron chi connectivity index (χ2n) is 4.21. The third kappa shape index (κ3) is 3.95. The molecule has 4 nitrogen and oxygen atoms in total. The quantitative estimate of drug-likeness (QED) is 0.789. The SMILES string of the molecule is CCOC(=O)C(C)CNc1ccc(OC)cc1C. The molecule has 1 atom stereocenters. The first kappa shape index (κ1) is 14.4. The van der Waals surface area contributed by atoms with Crippen LogP contribution < -0.4 is 10.1 Å². The minimum absolute atomic E-state index is 0.161. The van der Waals surface area contributed by atoms with Gasteiger partial charge < -0.3 is 14.8 Å². The van der Waals surface area contributed by atoms with Gasteiger partial charge in [0, 0.05) is 12.2 Å². The van der Waals surface area contributed by atoms with Gasteiger partial charge in [-0.1, -0.05) is 6.92 Å². The first-order valence-corrected chi connectivity index (χ1v) is 6.13. The maximum atomic E-state index is 11.5. The highest BCUT2D eigenvalue weighted by atomic mass is 16.5. The largest absolute Gasteiger partial charge is 0.497 e. The van der Waals surface area contributed by atoms with Gasteiger partial charge in [-0.3, -0.25) is 4.79 Å². The van der Waals surface area contributed by atoms with Crippen molar-refractivity contribution < 1.29 is 14.3 Å². The van der Waals surface area contributed by atoms with Crippen molar-refractivity contribution in [1.82, 2.24) is 0 Å². The lowest BCUT2D eigenvalue weighted by Crippen LogP contribution is -2.22. The van der Waals surface area contributed by atoms with Crippen molar-refractivity contribution in [3.8, 4) is 5.75 Å². The normalized spacial score (nSPS) is 11.8. The Bertz CT molecular complexity index is 404. The molecule has 0 saturated carbocycles. The van der Waals surface area contributed by atoms with Crippen molar-refractivity contribution in [1.29, 1.82) is 0 Å². The minimum atomic E-state index is -0.170. The average Bonchev–Trinajstić information content (AvgIpc) is 2.37. The zero-order chi connectivity index (χ0) is 13.5. The molecule has 1 rings (SSSR count). The lowest BCUT2D eigenvalue weighted by atomic mass is 10.1. The fourth-order valence-electron chi connectivity index (χ4n) is 1.59. The van der Waals surface area contributed by atoms with Gasteiger partial charge in [-0.25, -0.2) is 0 Å². The summed E-state index contributed by atoms with van der Waals surface area (Å²) in [5.41, 5.74) is 2.09. The predicted octanol–water partition coefficient (Wildman–Crippen LogP) is 2.61. The van der Waals surface area contributed by atoms with E-state index < -0.39 is 0 Å². The molecule has 0 aromatic heterocycles. The fraction of sp³-hybridized carbons (Fsp3) is 0.500. The molecule has 0 spiro atoms. The number of anilines is 1. The minimum Gasteiger partial charge on any atom is -0.497 e. The number of aryl methyl sites for hydroxylation is 1. The van der Waals surface area contributed by atoms with Gasteiger partial charge in [0.2, 0.25) is 0 Å². The summed E-state index contributed by atoms with van der Waals surface area (Å²) in [7, 11) is 1.64. The van der Waals surface area contributed by atoms with Crippen LogP contribution in [-0.4, -0.2) is 26.2 Å². The van der Waals surface area contributed by atoms with E-state index in [1.54, 1.807) is 7.11 Å². The van der Waals surface area contributed by atoms with Crippen LogP contribution in [0.1, 0.15) is 19.4 Å². The molecule has 0 aliphatic rings. The van der Waals surface area contributed by atoms with Crippen LogP contribution in [0, 0.1) is 12.8 Å². The standard InChI is InChI=1S/C14H21NO3/c1-5-18-14(16)11(3)9-15-13-7-6-12(17-4)8-10(13)2/h6-8,11,15H,5,9H2,1-4H3. The molecule has 0 bridgehead atoms. The van der Waals surface area contributed by atoms with E-state index in [2.05, 4.69) is 5.32 Å². The van der Waals surface area contributed by atoms with Gasteiger partial charge in [-0.15, -0.1) is 0 Å². The molecule has 0 aliphatic heterocycles. The Morgan fingerprint density at radius 2 is 2.17 bits per heavy atom. The van der Waals surface area contributed by atoms with E-state index in [-0.39, 0.29) is 11.9 Å². The van der Waals surface area contributed by atoms with Crippen molar-refractivity contribution in [3.05, 3.63) is 23.8 Å². The monoisotopic (exact) mass is 251 g/mol. The summed E-state index contributed by atoms with van der Waals surface area (Å²) in [5, 5.41) is 3.25. The molecule has 1 unspecified atom stereocenters. The van der Waals surface area contributed by atoms with Gasteiger partial charge in [0.15, 0.2) is 0 Å². The number of esters is 1. The Morgan fingerprint density at radius 1 is 1.44 bits per heavy atom. The fourth-order valence-corrected chi connectivity index (χ4v) is 1.59.